The van der Waals surface area contributed by atoms with Gasteiger partial charge in [-0.05, 0) is 18.4 Å². The quantitative estimate of drug-likeness (QED) is 0.587. The van der Waals surface area contributed by atoms with Gasteiger partial charge in [0.1, 0.15) is 5.82 Å². The van der Waals surface area contributed by atoms with E-state index in [2.05, 4.69) is 9.98 Å². The fourth-order valence-electron chi connectivity index (χ4n) is 2.06. The molecule has 1 atom stereocenters. The van der Waals surface area contributed by atoms with E-state index in [-0.39, 0.29) is 28.2 Å². The van der Waals surface area contributed by atoms with Gasteiger partial charge in [0.15, 0.2) is 16.7 Å². The maximum atomic E-state index is 14.6. The molecule has 1 aromatic carbocycles. The highest BCUT2D eigenvalue weighted by atomic mass is 32.2. The van der Waals surface area contributed by atoms with Crippen molar-refractivity contribution in [1.82, 2.24) is 0 Å². The van der Waals surface area contributed by atoms with Crippen molar-refractivity contribution in [3.8, 4) is 11.5 Å². The first-order chi connectivity index (χ1) is 11.9. The molecule has 0 spiro atoms. The van der Waals surface area contributed by atoms with E-state index in [0.717, 1.165) is 18.2 Å². The van der Waals surface area contributed by atoms with E-state index in [4.69, 9.17) is 14.6 Å². The molecular formula is C17H23FN2O4S. The van der Waals surface area contributed by atoms with Crippen molar-refractivity contribution in [2.45, 2.75) is 20.3 Å². The molecule has 1 unspecified atom stereocenters. The van der Waals surface area contributed by atoms with Crippen LogP contribution in [-0.2, 0) is 4.79 Å². The van der Waals surface area contributed by atoms with Crippen LogP contribution in [-0.4, -0.2) is 49.0 Å². The van der Waals surface area contributed by atoms with Gasteiger partial charge in [-0.1, -0.05) is 25.6 Å². The second kappa shape index (κ2) is 10.0. The smallest absolute Gasteiger partial charge is 0.313 e. The maximum absolute atomic E-state index is 14.6. The van der Waals surface area contributed by atoms with E-state index in [1.165, 1.54) is 33.4 Å². The average molecular weight is 370 g/mol. The van der Waals surface area contributed by atoms with Gasteiger partial charge in [-0.15, -0.1) is 0 Å². The molecular weight excluding hydrogens is 347 g/mol. The summed E-state index contributed by atoms with van der Waals surface area (Å²) >= 11 is 0.989. The lowest BCUT2D eigenvalue weighted by atomic mass is 9.95. The Hall–Kier alpha value is -2.09. The van der Waals surface area contributed by atoms with Crippen molar-refractivity contribution in [3.05, 3.63) is 23.5 Å². The molecule has 0 bridgehead atoms. The summed E-state index contributed by atoms with van der Waals surface area (Å²) in [6.07, 6.45) is 0.729. The van der Waals surface area contributed by atoms with Crippen LogP contribution in [0.2, 0.25) is 0 Å². The lowest BCUT2D eigenvalue weighted by Gasteiger charge is -2.17. The van der Waals surface area contributed by atoms with Gasteiger partial charge in [0.25, 0.3) is 0 Å². The number of nitrogens with zero attached hydrogens (tertiary/aromatic N) is 2. The molecule has 1 aromatic rings. The number of benzene rings is 1. The number of aliphatic carboxylic acids is 1. The van der Waals surface area contributed by atoms with Crippen LogP contribution in [0.4, 0.5) is 4.39 Å². The van der Waals surface area contributed by atoms with Gasteiger partial charge in [0.2, 0.25) is 0 Å². The van der Waals surface area contributed by atoms with E-state index in [9.17, 15) is 9.18 Å². The van der Waals surface area contributed by atoms with Crippen molar-refractivity contribution < 1.29 is 23.8 Å². The van der Waals surface area contributed by atoms with E-state index in [1.54, 1.807) is 0 Å². The van der Waals surface area contributed by atoms with Crippen LogP contribution in [0.3, 0.4) is 0 Å². The predicted molar refractivity (Wildman–Crippen MR) is 98.9 cm³/mol. The number of carbonyl (C=O) groups is 1. The number of hydrogen-bond donors (Lipinski definition) is 1. The van der Waals surface area contributed by atoms with Gasteiger partial charge in [0, 0.05) is 18.7 Å². The van der Waals surface area contributed by atoms with Crippen molar-refractivity contribution >= 4 is 28.6 Å². The maximum Gasteiger partial charge on any atom is 0.313 e. The molecule has 8 heteroatoms. The first kappa shape index (κ1) is 21.0. The van der Waals surface area contributed by atoms with Crippen LogP contribution in [0.25, 0.3) is 0 Å². The molecule has 0 aliphatic rings. The number of amidine groups is 1. The molecule has 25 heavy (non-hydrogen) atoms. The number of aliphatic imine (C=N–C) groups is 2. The summed E-state index contributed by atoms with van der Waals surface area (Å²) in [5.74, 6) is -1.01. The van der Waals surface area contributed by atoms with Gasteiger partial charge in [-0.2, -0.15) is 0 Å². The summed E-state index contributed by atoms with van der Waals surface area (Å²) in [5, 5.41) is 9.10. The molecule has 0 saturated carbocycles. The number of methoxy groups -OCH3 is 2. The molecule has 1 N–H and O–H groups in total. The predicted octanol–water partition coefficient (Wildman–Crippen LogP) is 3.48. The Morgan fingerprint density at radius 2 is 1.92 bits per heavy atom. The van der Waals surface area contributed by atoms with Crippen molar-refractivity contribution in [3.63, 3.8) is 0 Å². The number of carboxylic acids is 1. The summed E-state index contributed by atoms with van der Waals surface area (Å²) in [7, 11) is 4.43. The third-order valence-corrected chi connectivity index (χ3v) is 4.48. The minimum absolute atomic E-state index is 0.0604. The number of ether oxygens (including phenoxy) is 2. The fraction of sp³-hybridized carbons (Fsp3) is 0.471. The molecule has 0 saturated heterocycles. The summed E-state index contributed by atoms with van der Waals surface area (Å²) in [6, 6.07) is 2.79. The van der Waals surface area contributed by atoms with E-state index in [1.807, 2.05) is 13.8 Å². The number of rotatable bonds is 7. The van der Waals surface area contributed by atoms with Crippen LogP contribution in [0.1, 0.15) is 25.8 Å². The monoisotopic (exact) mass is 370 g/mol. The highest BCUT2D eigenvalue weighted by Gasteiger charge is 2.20. The number of thioether (sulfide) groups is 1. The highest BCUT2D eigenvalue weighted by molar-refractivity contribution is 8.14. The summed E-state index contributed by atoms with van der Waals surface area (Å²) in [5.41, 5.74) is 0.767. The van der Waals surface area contributed by atoms with Crippen LogP contribution >= 0.6 is 11.8 Å². The van der Waals surface area contributed by atoms with Gasteiger partial charge in [-0.25, -0.2) is 9.38 Å². The number of hydrogen-bond acceptors (Lipinski definition) is 5. The van der Waals surface area contributed by atoms with Gasteiger partial charge in [-0.3, -0.25) is 9.79 Å². The largest absolute Gasteiger partial charge is 0.493 e. The first-order valence-electron chi connectivity index (χ1n) is 7.69. The molecule has 0 heterocycles. The van der Waals surface area contributed by atoms with Crippen LogP contribution in [0.5, 0.6) is 11.5 Å². The van der Waals surface area contributed by atoms with Crippen LogP contribution in [0, 0.1) is 11.7 Å². The zero-order valence-electron chi connectivity index (χ0n) is 15.0. The Kier molecular flexibility index (Phi) is 8.40. The Bertz CT molecular complexity index is 677. The number of carboxylic acid groups (broad SMARTS) is 1. The Morgan fingerprint density at radius 1 is 1.32 bits per heavy atom. The van der Waals surface area contributed by atoms with Crippen molar-refractivity contribution in [1.29, 1.82) is 0 Å². The second-order valence-corrected chi connectivity index (χ2v) is 6.12. The van der Waals surface area contributed by atoms with E-state index < -0.39 is 11.8 Å². The SMILES string of the molecule is CCC(C)C(=NC(=NC)SCC(=O)O)c1cc(OC)c(OC)cc1F. The van der Waals surface area contributed by atoms with Gasteiger partial charge in [0.05, 0.1) is 25.7 Å². The molecule has 0 aliphatic heterocycles. The Labute approximate surface area is 151 Å². The molecule has 0 aromatic heterocycles. The van der Waals surface area contributed by atoms with Crippen molar-refractivity contribution in [2.75, 3.05) is 27.0 Å². The summed E-state index contributed by atoms with van der Waals surface area (Å²) < 4.78 is 25.0. The molecule has 0 amide bonds. The minimum Gasteiger partial charge on any atom is -0.493 e. The third-order valence-electron chi connectivity index (χ3n) is 3.56. The Balaban J connectivity index is 3.40. The Morgan fingerprint density at radius 3 is 2.40 bits per heavy atom. The third kappa shape index (κ3) is 5.74. The lowest BCUT2D eigenvalue weighted by Crippen LogP contribution is -2.16. The standard InChI is InChI=1S/C17H23FN2O4S/c1-6-10(2)16(20-17(19-3)25-9-15(21)22)11-7-13(23-4)14(24-5)8-12(11)18/h7-8,10H,6,9H2,1-5H3,(H,21,22). The molecule has 0 fully saturated rings. The van der Waals surface area contributed by atoms with Crippen LogP contribution < -0.4 is 9.47 Å². The van der Waals surface area contributed by atoms with Crippen LogP contribution in [0.15, 0.2) is 22.1 Å². The van der Waals surface area contributed by atoms with Gasteiger partial charge >= 0.3 is 5.97 Å². The molecule has 0 radical (unpaired) electrons. The zero-order chi connectivity index (χ0) is 19.0. The molecule has 6 nitrogen and oxygen atoms in total. The highest BCUT2D eigenvalue weighted by Crippen LogP contribution is 2.31. The van der Waals surface area contributed by atoms with Crippen molar-refractivity contribution in [2.24, 2.45) is 15.9 Å². The van der Waals surface area contributed by atoms with E-state index in [0.29, 0.717) is 11.5 Å². The lowest BCUT2D eigenvalue weighted by molar-refractivity contribution is -0.133. The molecule has 1 rings (SSSR count). The molecule has 138 valence electrons. The normalized spacial score (nSPS) is 13.5. The fourth-order valence-corrected chi connectivity index (χ4v) is 2.60. The number of halogens is 1. The van der Waals surface area contributed by atoms with E-state index >= 15 is 0 Å². The summed E-state index contributed by atoms with van der Waals surface area (Å²) in [4.78, 5) is 19.2. The zero-order valence-corrected chi connectivity index (χ0v) is 15.8. The minimum atomic E-state index is -0.969. The van der Waals surface area contributed by atoms with Gasteiger partial charge < -0.3 is 14.6 Å². The second-order valence-electron chi connectivity index (χ2n) is 5.18. The average Bonchev–Trinajstić information content (AvgIpc) is 2.61. The summed E-state index contributed by atoms with van der Waals surface area (Å²) in [6.45, 7) is 3.89. The molecule has 0 aliphatic carbocycles. The topological polar surface area (TPSA) is 80.5 Å². The first-order valence-corrected chi connectivity index (χ1v) is 8.68.